The maximum Gasteiger partial charge on any atom is 0.256 e. The molecule has 3 heterocycles. The lowest BCUT2D eigenvalue weighted by Gasteiger charge is -2.37. The highest BCUT2D eigenvalue weighted by Gasteiger charge is 2.40. The fourth-order valence-electron chi connectivity index (χ4n) is 3.14. The SMILES string of the molecule is CN(C)CCCNc1ncc(C(=O)N2CCC3(CC2)OCCO3)cn1. The van der Waals surface area contributed by atoms with E-state index in [1.807, 2.05) is 19.0 Å². The fourth-order valence-corrected chi connectivity index (χ4v) is 3.14. The molecule has 1 N–H and O–H groups in total. The molecule has 138 valence electrons. The van der Waals surface area contributed by atoms with E-state index in [1.54, 1.807) is 12.4 Å². The lowest BCUT2D eigenvalue weighted by atomic mass is 10.0. The van der Waals surface area contributed by atoms with Crippen molar-refractivity contribution in [3.8, 4) is 0 Å². The number of likely N-dealkylation sites (tertiary alicyclic amines) is 1. The van der Waals surface area contributed by atoms with Crippen molar-refractivity contribution >= 4 is 11.9 Å². The Hall–Kier alpha value is -1.77. The molecule has 0 bridgehead atoms. The van der Waals surface area contributed by atoms with Gasteiger partial charge < -0.3 is 24.6 Å². The van der Waals surface area contributed by atoms with Crippen LogP contribution < -0.4 is 5.32 Å². The van der Waals surface area contributed by atoms with Gasteiger partial charge in [0, 0.05) is 44.9 Å². The molecule has 2 aliphatic rings. The molecule has 0 aliphatic carbocycles. The summed E-state index contributed by atoms with van der Waals surface area (Å²) in [6.07, 6.45) is 5.63. The molecular formula is C17H27N5O3. The van der Waals surface area contributed by atoms with Gasteiger partial charge in [-0.2, -0.15) is 0 Å². The second kappa shape index (κ2) is 8.07. The molecule has 8 nitrogen and oxygen atoms in total. The van der Waals surface area contributed by atoms with Crippen LogP contribution in [0.4, 0.5) is 5.95 Å². The molecule has 1 amide bonds. The van der Waals surface area contributed by atoms with Gasteiger partial charge in [-0.3, -0.25) is 4.79 Å². The number of nitrogens with one attached hydrogen (secondary N) is 1. The van der Waals surface area contributed by atoms with Crippen molar-refractivity contribution < 1.29 is 14.3 Å². The maximum atomic E-state index is 12.6. The summed E-state index contributed by atoms with van der Waals surface area (Å²) in [5.74, 6) is 0.0563. The lowest BCUT2D eigenvalue weighted by Crippen LogP contribution is -2.47. The van der Waals surface area contributed by atoms with Crippen LogP contribution in [0.3, 0.4) is 0 Å². The second-order valence-electron chi connectivity index (χ2n) is 6.78. The van der Waals surface area contributed by atoms with Crippen molar-refractivity contribution in [2.45, 2.75) is 25.0 Å². The first-order chi connectivity index (χ1) is 12.1. The number of ether oxygens (including phenoxy) is 2. The van der Waals surface area contributed by atoms with Gasteiger partial charge in [0.1, 0.15) is 0 Å². The minimum absolute atomic E-state index is 0.0352. The molecule has 0 saturated carbocycles. The van der Waals surface area contributed by atoms with Crippen LogP contribution in [0.5, 0.6) is 0 Å². The fraction of sp³-hybridized carbons (Fsp3) is 0.706. The molecule has 1 aromatic rings. The molecule has 2 aliphatic heterocycles. The van der Waals surface area contributed by atoms with Gasteiger partial charge in [-0.1, -0.05) is 0 Å². The minimum Gasteiger partial charge on any atom is -0.354 e. The highest BCUT2D eigenvalue weighted by atomic mass is 16.7. The van der Waals surface area contributed by atoms with Crippen LogP contribution >= 0.6 is 0 Å². The Morgan fingerprint density at radius 2 is 1.88 bits per heavy atom. The molecule has 8 heteroatoms. The first-order valence-electron chi connectivity index (χ1n) is 8.86. The molecule has 0 atom stereocenters. The summed E-state index contributed by atoms with van der Waals surface area (Å²) in [5.41, 5.74) is 0.517. The number of hydrogen-bond acceptors (Lipinski definition) is 7. The van der Waals surface area contributed by atoms with E-state index in [2.05, 4.69) is 20.2 Å². The van der Waals surface area contributed by atoms with Gasteiger partial charge in [0.15, 0.2) is 5.79 Å². The molecule has 1 aromatic heterocycles. The highest BCUT2D eigenvalue weighted by Crippen LogP contribution is 2.31. The van der Waals surface area contributed by atoms with Crippen molar-refractivity contribution in [1.82, 2.24) is 19.8 Å². The van der Waals surface area contributed by atoms with Gasteiger partial charge in [-0.15, -0.1) is 0 Å². The zero-order valence-electron chi connectivity index (χ0n) is 15.0. The van der Waals surface area contributed by atoms with Crippen LogP contribution in [0.1, 0.15) is 29.6 Å². The number of rotatable bonds is 6. The van der Waals surface area contributed by atoms with Gasteiger partial charge in [0.05, 0.1) is 18.8 Å². The third-order valence-corrected chi connectivity index (χ3v) is 4.59. The molecule has 0 unspecified atom stereocenters. The van der Waals surface area contributed by atoms with E-state index in [0.29, 0.717) is 50.7 Å². The number of anilines is 1. The number of carbonyl (C=O) groups excluding carboxylic acids is 1. The number of carbonyl (C=O) groups is 1. The Labute approximate surface area is 148 Å². The van der Waals surface area contributed by atoms with E-state index in [0.717, 1.165) is 19.5 Å². The largest absolute Gasteiger partial charge is 0.354 e. The molecular weight excluding hydrogens is 322 g/mol. The van der Waals surface area contributed by atoms with Crippen LogP contribution in [0.15, 0.2) is 12.4 Å². The van der Waals surface area contributed by atoms with E-state index >= 15 is 0 Å². The molecule has 2 fully saturated rings. The third-order valence-electron chi connectivity index (χ3n) is 4.59. The Morgan fingerprint density at radius 1 is 1.24 bits per heavy atom. The zero-order valence-corrected chi connectivity index (χ0v) is 15.0. The molecule has 1 spiro atoms. The molecule has 0 aromatic carbocycles. The maximum absolute atomic E-state index is 12.6. The summed E-state index contributed by atoms with van der Waals surface area (Å²) >= 11 is 0. The van der Waals surface area contributed by atoms with Crippen LogP contribution in [-0.2, 0) is 9.47 Å². The smallest absolute Gasteiger partial charge is 0.256 e. The van der Waals surface area contributed by atoms with Crippen molar-refractivity contribution in [3.05, 3.63) is 18.0 Å². The molecule has 3 rings (SSSR count). The van der Waals surface area contributed by atoms with E-state index in [1.165, 1.54) is 0 Å². The van der Waals surface area contributed by atoms with Crippen molar-refractivity contribution in [3.63, 3.8) is 0 Å². The van der Waals surface area contributed by atoms with Gasteiger partial charge in [0.25, 0.3) is 5.91 Å². The van der Waals surface area contributed by atoms with Crippen molar-refractivity contribution in [2.24, 2.45) is 0 Å². The van der Waals surface area contributed by atoms with Crippen LogP contribution in [0, 0.1) is 0 Å². The van der Waals surface area contributed by atoms with Crippen LogP contribution in [-0.4, -0.2) is 85.0 Å². The summed E-state index contributed by atoms with van der Waals surface area (Å²) < 4.78 is 11.4. The highest BCUT2D eigenvalue weighted by molar-refractivity contribution is 5.93. The van der Waals surface area contributed by atoms with Crippen molar-refractivity contribution in [1.29, 1.82) is 0 Å². The average Bonchev–Trinajstić information content (AvgIpc) is 3.07. The quantitative estimate of drug-likeness (QED) is 0.762. The first-order valence-corrected chi connectivity index (χ1v) is 8.86. The van der Waals surface area contributed by atoms with Crippen LogP contribution in [0.25, 0.3) is 0 Å². The average molecular weight is 349 g/mol. The van der Waals surface area contributed by atoms with E-state index in [4.69, 9.17) is 9.47 Å². The van der Waals surface area contributed by atoms with Gasteiger partial charge >= 0.3 is 0 Å². The molecule has 25 heavy (non-hydrogen) atoms. The Balaban J connectivity index is 1.47. The standard InChI is InChI=1S/C17H27N5O3/c1-21(2)7-3-6-18-16-19-12-14(13-20-16)15(23)22-8-4-17(5-9-22)24-10-11-25-17/h12-13H,3-11H2,1-2H3,(H,18,19,20). The first kappa shape index (κ1) is 18.0. The monoisotopic (exact) mass is 349 g/mol. The van der Waals surface area contributed by atoms with E-state index < -0.39 is 5.79 Å². The summed E-state index contributed by atoms with van der Waals surface area (Å²) in [6.45, 7) is 4.36. The Bertz CT molecular complexity index is 562. The lowest BCUT2D eigenvalue weighted by molar-refractivity contribution is -0.181. The minimum atomic E-state index is -0.465. The number of amides is 1. The Kier molecular flexibility index (Phi) is 5.82. The molecule has 0 radical (unpaired) electrons. The number of piperidine rings is 1. The third kappa shape index (κ3) is 4.65. The van der Waals surface area contributed by atoms with E-state index in [9.17, 15) is 4.79 Å². The predicted octanol–water partition coefficient (Wildman–Crippen LogP) is 0.819. The number of aromatic nitrogens is 2. The van der Waals surface area contributed by atoms with Crippen molar-refractivity contribution in [2.75, 3.05) is 58.8 Å². The summed E-state index contributed by atoms with van der Waals surface area (Å²) in [7, 11) is 4.09. The predicted molar refractivity (Wildman–Crippen MR) is 93.5 cm³/mol. The topological polar surface area (TPSA) is 79.8 Å². The van der Waals surface area contributed by atoms with Gasteiger partial charge in [-0.25, -0.2) is 9.97 Å². The second-order valence-corrected chi connectivity index (χ2v) is 6.78. The van der Waals surface area contributed by atoms with Gasteiger partial charge in [0.2, 0.25) is 5.95 Å². The summed E-state index contributed by atoms with van der Waals surface area (Å²) in [6, 6.07) is 0. The van der Waals surface area contributed by atoms with Crippen LogP contribution in [0.2, 0.25) is 0 Å². The van der Waals surface area contributed by atoms with Gasteiger partial charge in [-0.05, 0) is 27.1 Å². The normalized spacial score (nSPS) is 19.6. The number of hydrogen-bond donors (Lipinski definition) is 1. The summed E-state index contributed by atoms with van der Waals surface area (Å²) in [5, 5.41) is 3.17. The molecule has 2 saturated heterocycles. The Morgan fingerprint density at radius 3 is 2.48 bits per heavy atom. The van der Waals surface area contributed by atoms with E-state index in [-0.39, 0.29) is 5.91 Å². The zero-order chi connectivity index (χ0) is 17.7. The number of nitrogens with zero attached hydrogens (tertiary/aromatic N) is 4. The summed E-state index contributed by atoms with van der Waals surface area (Å²) in [4.78, 5) is 25.0.